The van der Waals surface area contributed by atoms with Crippen molar-refractivity contribution in [2.75, 3.05) is 38.6 Å². The van der Waals surface area contributed by atoms with Gasteiger partial charge in [-0.05, 0) is 33.5 Å². The molecule has 1 fully saturated rings. The first-order valence-corrected chi connectivity index (χ1v) is 7.59. The van der Waals surface area contributed by atoms with Crippen molar-refractivity contribution < 1.29 is 0 Å². The summed E-state index contributed by atoms with van der Waals surface area (Å²) < 4.78 is 0. The van der Waals surface area contributed by atoms with Gasteiger partial charge in [-0.15, -0.1) is 11.3 Å². The summed E-state index contributed by atoms with van der Waals surface area (Å²) in [6.07, 6.45) is 4.59. The number of rotatable bonds is 5. The predicted octanol–water partition coefficient (Wildman–Crippen LogP) is 1.78. The summed E-state index contributed by atoms with van der Waals surface area (Å²) in [4.78, 5) is 10.7. The van der Waals surface area contributed by atoms with Gasteiger partial charge in [0.05, 0.1) is 0 Å². The summed E-state index contributed by atoms with van der Waals surface area (Å²) in [7, 11) is 4.35. The van der Waals surface area contributed by atoms with E-state index in [1.54, 1.807) is 0 Å². The summed E-state index contributed by atoms with van der Waals surface area (Å²) >= 11 is 1.83. The summed E-state index contributed by atoms with van der Waals surface area (Å²) in [6.45, 7) is 6.35. The molecule has 5 heteroatoms. The average molecular weight is 268 g/mol. The molecule has 1 atom stereocenters. The van der Waals surface area contributed by atoms with E-state index in [9.17, 15) is 0 Å². The highest BCUT2D eigenvalue weighted by Gasteiger charge is 2.23. The number of piperidine rings is 1. The molecule has 1 aromatic heterocycles. The Labute approximate surface area is 114 Å². The van der Waals surface area contributed by atoms with Crippen molar-refractivity contribution in [1.82, 2.24) is 15.2 Å². The number of anilines is 1. The molecular formula is C13H24N4S. The average Bonchev–Trinajstić information content (AvgIpc) is 2.85. The van der Waals surface area contributed by atoms with Gasteiger partial charge in [-0.1, -0.05) is 6.92 Å². The van der Waals surface area contributed by atoms with Gasteiger partial charge in [0.2, 0.25) is 0 Å². The van der Waals surface area contributed by atoms with Gasteiger partial charge < -0.3 is 15.1 Å². The molecule has 0 amide bonds. The fourth-order valence-electron chi connectivity index (χ4n) is 2.32. The van der Waals surface area contributed by atoms with Crippen molar-refractivity contribution in [1.29, 1.82) is 0 Å². The van der Waals surface area contributed by atoms with Crippen LogP contribution in [0.1, 0.15) is 24.6 Å². The fourth-order valence-corrected chi connectivity index (χ4v) is 3.24. The topological polar surface area (TPSA) is 31.4 Å². The van der Waals surface area contributed by atoms with E-state index >= 15 is 0 Å². The first kappa shape index (κ1) is 13.8. The van der Waals surface area contributed by atoms with Crippen LogP contribution in [0.4, 0.5) is 5.13 Å². The lowest BCUT2D eigenvalue weighted by molar-refractivity contribution is 0.258. The van der Waals surface area contributed by atoms with Crippen LogP contribution in [-0.4, -0.2) is 49.7 Å². The summed E-state index contributed by atoms with van der Waals surface area (Å²) in [5.74, 6) is 0. The summed E-state index contributed by atoms with van der Waals surface area (Å²) in [5.41, 5.74) is 0. The van der Waals surface area contributed by atoms with E-state index in [-0.39, 0.29) is 0 Å². The van der Waals surface area contributed by atoms with Crippen LogP contribution < -0.4 is 10.2 Å². The molecule has 2 rings (SSSR count). The Bertz CT molecular complexity index is 364. The molecule has 0 radical (unpaired) electrons. The Morgan fingerprint density at radius 2 is 2.39 bits per heavy atom. The molecular weight excluding hydrogens is 244 g/mol. The maximum Gasteiger partial charge on any atom is 0.185 e. The highest BCUT2D eigenvalue weighted by molar-refractivity contribution is 7.15. The van der Waals surface area contributed by atoms with E-state index in [4.69, 9.17) is 0 Å². The summed E-state index contributed by atoms with van der Waals surface area (Å²) in [6, 6.07) is 0.667. The van der Waals surface area contributed by atoms with Crippen LogP contribution in [0.15, 0.2) is 6.20 Å². The van der Waals surface area contributed by atoms with Gasteiger partial charge in [0.1, 0.15) is 0 Å². The lowest BCUT2D eigenvalue weighted by Crippen LogP contribution is -2.45. The minimum Gasteiger partial charge on any atom is -0.347 e. The standard InChI is InChI=1S/C13H24N4S/c1-4-14-8-12-9-15-13(18-12)17-7-5-6-11(10-17)16(2)3/h9,11,14H,4-8,10H2,1-3H3. The van der Waals surface area contributed by atoms with Crippen LogP contribution in [0.5, 0.6) is 0 Å². The third-order valence-electron chi connectivity index (χ3n) is 3.49. The van der Waals surface area contributed by atoms with Crippen molar-refractivity contribution >= 4 is 16.5 Å². The van der Waals surface area contributed by atoms with Crippen LogP contribution in [0.3, 0.4) is 0 Å². The van der Waals surface area contributed by atoms with Gasteiger partial charge in [0, 0.05) is 36.8 Å². The zero-order valence-corrected chi connectivity index (χ0v) is 12.5. The molecule has 2 heterocycles. The van der Waals surface area contributed by atoms with Crippen molar-refractivity contribution in [3.05, 3.63) is 11.1 Å². The quantitative estimate of drug-likeness (QED) is 0.882. The number of nitrogens with zero attached hydrogens (tertiary/aromatic N) is 3. The maximum atomic E-state index is 4.57. The van der Waals surface area contributed by atoms with E-state index in [1.165, 1.54) is 22.9 Å². The van der Waals surface area contributed by atoms with E-state index in [0.717, 1.165) is 26.2 Å². The first-order valence-electron chi connectivity index (χ1n) is 6.77. The van der Waals surface area contributed by atoms with Crippen molar-refractivity contribution in [2.45, 2.75) is 32.4 Å². The molecule has 1 N–H and O–H groups in total. The van der Waals surface area contributed by atoms with Crippen molar-refractivity contribution in [3.8, 4) is 0 Å². The molecule has 1 aliphatic heterocycles. The van der Waals surface area contributed by atoms with Crippen molar-refractivity contribution in [2.24, 2.45) is 0 Å². The highest BCUT2D eigenvalue weighted by Crippen LogP contribution is 2.26. The molecule has 0 bridgehead atoms. The van der Waals surface area contributed by atoms with Crippen LogP contribution in [0.25, 0.3) is 0 Å². The number of hydrogen-bond acceptors (Lipinski definition) is 5. The molecule has 1 aliphatic rings. The van der Waals surface area contributed by atoms with Gasteiger partial charge in [-0.25, -0.2) is 4.98 Å². The lowest BCUT2D eigenvalue weighted by atomic mass is 10.1. The monoisotopic (exact) mass is 268 g/mol. The second-order valence-corrected chi connectivity index (χ2v) is 6.19. The maximum absolute atomic E-state index is 4.57. The SMILES string of the molecule is CCNCc1cnc(N2CCCC(N(C)C)C2)s1. The lowest BCUT2D eigenvalue weighted by Gasteiger charge is -2.35. The van der Waals surface area contributed by atoms with Gasteiger partial charge in [-0.2, -0.15) is 0 Å². The third-order valence-corrected chi connectivity index (χ3v) is 4.55. The zero-order valence-electron chi connectivity index (χ0n) is 11.6. The number of thiazole rings is 1. The molecule has 102 valence electrons. The first-order chi connectivity index (χ1) is 8.70. The molecule has 1 unspecified atom stereocenters. The van der Waals surface area contributed by atoms with Gasteiger partial charge in [-0.3, -0.25) is 0 Å². The van der Waals surface area contributed by atoms with Crippen LogP contribution in [-0.2, 0) is 6.54 Å². The second kappa shape index (κ2) is 6.50. The largest absolute Gasteiger partial charge is 0.347 e. The Morgan fingerprint density at radius 1 is 1.56 bits per heavy atom. The van der Waals surface area contributed by atoms with E-state index in [0.29, 0.717) is 6.04 Å². The predicted molar refractivity (Wildman–Crippen MR) is 78.4 cm³/mol. The number of aromatic nitrogens is 1. The molecule has 0 spiro atoms. The van der Waals surface area contributed by atoms with E-state index < -0.39 is 0 Å². The van der Waals surface area contributed by atoms with Gasteiger partial charge in [0.15, 0.2) is 5.13 Å². The molecule has 0 saturated carbocycles. The molecule has 0 aliphatic carbocycles. The minimum absolute atomic E-state index is 0.667. The Morgan fingerprint density at radius 3 is 3.11 bits per heavy atom. The van der Waals surface area contributed by atoms with Gasteiger partial charge in [0.25, 0.3) is 0 Å². The summed E-state index contributed by atoms with van der Waals surface area (Å²) in [5, 5.41) is 4.54. The Hall–Kier alpha value is -0.650. The number of hydrogen-bond donors (Lipinski definition) is 1. The fraction of sp³-hybridized carbons (Fsp3) is 0.769. The minimum atomic E-state index is 0.667. The smallest absolute Gasteiger partial charge is 0.185 e. The normalized spacial score (nSPS) is 20.7. The zero-order chi connectivity index (χ0) is 13.0. The Kier molecular flexibility index (Phi) is 4.97. The Balaban J connectivity index is 1.95. The van der Waals surface area contributed by atoms with E-state index in [1.807, 2.05) is 17.5 Å². The van der Waals surface area contributed by atoms with Crippen LogP contribution in [0, 0.1) is 0 Å². The molecule has 0 aromatic carbocycles. The third kappa shape index (κ3) is 3.43. The highest BCUT2D eigenvalue weighted by atomic mass is 32.1. The molecule has 18 heavy (non-hydrogen) atoms. The van der Waals surface area contributed by atoms with Gasteiger partial charge >= 0.3 is 0 Å². The number of likely N-dealkylation sites (N-methyl/N-ethyl adjacent to an activating group) is 1. The van der Waals surface area contributed by atoms with Crippen LogP contribution in [0.2, 0.25) is 0 Å². The van der Waals surface area contributed by atoms with Crippen molar-refractivity contribution in [3.63, 3.8) is 0 Å². The second-order valence-electron chi connectivity index (χ2n) is 5.10. The van der Waals surface area contributed by atoms with E-state index in [2.05, 4.69) is 41.1 Å². The molecule has 4 nitrogen and oxygen atoms in total. The van der Waals surface area contributed by atoms with Crippen LogP contribution >= 0.6 is 11.3 Å². The molecule has 1 aromatic rings. The number of nitrogens with one attached hydrogen (secondary N) is 1. The molecule has 1 saturated heterocycles.